The Hall–Kier alpha value is -0.590. The molecule has 1 aliphatic heterocycles. The molecule has 3 heteroatoms. The van der Waals surface area contributed by atoms with Gasteiger partial charge in [0.1, 0.15) is 0 Å². The summed E-state index contributed by atoms with van der Waals surface area (Å²) in [6.07, 6.45) is 2.33. The van der Waals surface area contributed by atoms with Gasteiger partial charge in [0.2, 0.25) is 0 Å². The average Bonchev–Trinajstić information content (AvgIpc) is 2.08. The van der Waals surface area contributed by atoms with Gasteiger partial charge in [-0.05, 0) is 26.3 Å². The molecule has 1 N–H and O–H groups in total. The molecule has 0 amide bonds. The Morgan fingerprint density at radius 2 is 2.42 bits per heavy atom. The fourth-order valence-corrected chi connectivity index (χ4v) is 1.70. The standard InChI is InChI=1S/C9H16N2O/c1-8-9(12)4-2-6-11(8)7-3-5-10/h8-9,12H,2-4,6-7H2,1H3. The molecule has 0 aromatic carbocycles. The second-order valence-corrected chi connectivity index (χ2v) is 3.39. The molecule has 0 spiro atoms. The predicted molar refractivity (Wildman–Crippen MR) is 46.5 cm³/mol. The molecular formula is C9H16N2O. The van der Waals surface area contributed by atoms with Gasteiger partial charge in [-0.25, -0.2) is 0 Å². The number of piperidine rings is 1. The number of aliphatic hydroxyl groups excluding tert-OH is 1. The Morgan fingerprint density at radius 1 is 1.67 bits per heavy atom. The first-order chi connectivity index (χ1) is 5.75. The van der Waals surface area contributed by atoms with Crippen LogP contribution in [0.15, 0.2) is 0 Å². The summed E-state index contributed by atoms with van der Waals surface area (Å²) >= 11 is 0. The first-order valence-corrected chi connectivity index (χ1v) is 4.54. The molecule has 12 heavy (non-hydrogen) atoms. The molecule has 1 fully saturated rings. The van der Waals surface area contributed by atoms with E-state index in [1.807, 2.05) is 6.92 Å². The molecule has 1 heterocycles. The lowest BCUT2D eigenvalue weighted by molar-refractivity contribution is 0.0212. The predicted octanol–water partition coefficient (Wildman–Crippen LogP) is 0.745. The van der Waals surface area contributed by atoms with Gasteiger partial charge in [0.15, 0.2) is 0 Å². The quantitative estimate of drug-likeness (QED) is 0.661. The second kappa shape index (κ2) is 4.44. The molecule has 68 valence electrons. The van der Waals surface area contributed by atoms with Crippen molar-refractivity contribution in [2.24, 2.45) is 0 Å². The van der Waals surface area contributed by atoms with Crippen LogP contribution < -0.4 is 0 Å². The summed E-state index contributed by atoms with van der Waals surface area (Å²) in [5, 5.41) is 17.9. The van der Waals surface area contributed by atoms with Crippen LogP contribution in [0.4, 0.5) is 0 Å². The van der Waals surface area contributed by atoms with Gasteiger partial charge in [-0.15, -0.1) is 0 Å². The van der Waals surface area contributed by atoms with Crippen LogP contribution >= 0.6 is 0 Å². The van der Waals surface area contributed by atoms with E-state index in [1.54, 1.807) is 0 Å². The minimum atomic E-state index is -0.197. The summed E-state index contributed by atoms with van der Waals surface area (Å²) in [6, 6.07) is 2.36. The third kappa shape index (κ3) is 2.20. The average molecular weight is 168 g/mol. The molecule has 2 atom stereocenters. The maximum absolute atomic E-state index is 9.52. The van der Waals surface area contributed by atoms with E-state index in [4.69, 9.17) is 5.26 Å². The Balaban J connectivity index is 2.36. The monoisotopic (exact) mass is 168 g/mol. The van der Waals surface area contributed by atoms with Crippen LogP contribution in [0.5, 0.6) is 0 Å². The highest BCUT2D eigenvalue weighted by molar-refractivity contribution is 4.82. The molecule has 3 nitrogen and oxygen atoms in total. The van der Waals surface area contributed by atoms with Crippen molar-refractivity contribution < 1.29 is 5.11 Å². The summed E-state index contributed by atoms with van der Waals surface area (Å²) in [5.41, 5.74) is 0. The first-order valence-electron chi connectivity index (χ1n) is 4.54. The Bertz CT molecular complexity index is 176. The zero-order chi connectivity index (χ0) is 8.97. The van der Waals surface area contributed by atoms with Crippen LogP contribution in [0.3, 0.4) is 0 Å². The minimum absolute atomic E-state index is 0.197. The van der Waals surface area contributed by atoms with Crippen LogP contribution in [-0.4, -0.2) is 35.2 Å². The molecule has 0 saturated carbocycles. The lowest BCUT2D eigenvalue weighted by Crippen LogP contribution is -2.46. The summed E-state index contributed by atoms with van der Waals surface area (Å²) in [7, 11) is 0. The zero-order valence-electron chi connectivity index (χ0n) is 7.53. The van der Waals surface area contributed by atoms with E-state index in [0.29, 0.717) is 6.42 Å². The molecule has 0 aliphatic carbocycles. The Kier molecular flexibility index (Phi) is 3.51. The molecule has 0 aromatic heterocycles. The third-order valence-electron chi connectivity index (χ3n) is 2.59. The van der Waals surface area contributed by atoms with Gasteiger partial charge in [0.25, 0.3) is 0 Å². The van der Waals surface area contributed by atoms with Gasteiger partial charge in [0, 0.05) is 19.0 Å². The van der Waals surface area contributed by atoms with Crippen molar-refractivity contribution in [3.05, 3.63) is 0 Å². The number of nitrogens with zero attached hydrogens (tertiary/aromatic N) is 2. The smallest absolute Gasteiger partial charge is 0.0693 e. The number of likely N-dealkylation sites (tertiary alicyclic amines) is 1. The van der Waals surface area contributed by atoms with Crippen LogP contribution in [0.2, 0.25) is 0 Å². The molecular weight excluding hydrogens is 152 g/mol. The lowest BCUT2D eigenvalue weighted by atomic mass is 10.0. The van der Waals surface area contributed by atoms with Crippen molar-refractivity contribution in [3.8, 4) is 6.07 Å². The Labute approximate surface area is 73.6 Å². The highest BCUT2D eigenvalue weighted by atomic mass is 16.3. The fraction of sp³-hybridized carbons (Fsp3) is 0.889. The van der Waals surface area contributed by atoms with E-state index in [9.17, 15) is 5.11 Å². The number of nitriles is 1. The zero-order valence-corrected chi connectivity index (χ0v) is 7.53. The van der Waals surface area contributed by atoms with Gasteiger partial charge in [-0.3, -0.25) is 4.90 Å². The fourth-order valence-electron chi connectivity index (χ4n) is 1.70. The van der Waals surface area contributed by atoms with Crippen molar-refractivity contribution >= 4 is 0 Å². The molecule has 0 aromatic rings. The van der Waals surface area contributed by atoms with Gasteiger partial charge >= 0.3 is 0 Å². The van der Waals surface area contributed by atoms with E-state index < -0.39 is 0 Å². The van der Waals surface area contributed by atoms with E-state index in [0.717, 1.165) is 25.9 Å². The second-order valence-electron chi connectivity index (χ2n) is 3.39. The molecule has 2 unspecified atom stereocenters. The van der Waals surface area contributed by atoms with Gasteiger partial charge in [0.05, 0.1) is 12.2 Å². The van der Waals surface area contributed by atoms with Crippen molar-refractivity contribution in [2.75, 3.05) is 13.1 Å². The van der Waals surface area contributed by atoms with Crippen molar-refractivity contribution in [1.29, 1.82) is 5.26 Å². The number of aliphatic hydroxyl groups is 1. The molecule has 0 radical (unpaired) electrons. The summed E-state index contributed by atoms with van der Waals surface area (Å²) in [4.78, 5) is 2.19. The van der Waals surface area contributed by atoms with Crippen molar-refractivity contribution in [3.63, 3.8) is 0 Å². The van der Waals surface area contributed by atoms with E-state index >= 15 is 0 Å². The maximum Gasteiger partial charge on any atom is 0.0693 e. The summed E-state index contributed by atoms with van der Waals surface area (Å²) in [5.74, 6) is 0. The normalized spacial score (nSPS) is 31.4. The van der Waals surface area contributed by atoms with Crippen LogP contribution in [0.1, 0.15) is 26.2 Å². The number of hydrogen-bond donors (Lipinski definition) is 1. The van der Waals surface area contributed by atoms with Gasteiger partial charge in [-0.2, -0.15) is 5.26 Å². The first kappa shape index (κ1) is 9.50. The summed E-state index contributed by atoms with van der Waals surface area (Å²) < 4.78 is 0. The van der Waals surface area contributed by atoms with Crippen LogP contribution in [-0.2, 0) is 0 Å². The Morgan fingerprint density at radius 3 is 3.08 bits per heavy atom. The third-order valence-corrected chi connectivity index (χ3v) is 2.59. The highest BCUT2D eigenvalue weighted by Crippen LogP contribution is 2.16. The summed E-state index contributed by atoms with van der Waals surface area (Å²) in [6.45, 7) is 3.86. The van der Waals surface area contributed by atoms with Crippen LogP contribution in [0, 0.1) is 11.3 Å². The SMILES string of the molecule is CC1C(O)CCCN1CCC#N. The van der Waals surface area contributed by atoms with E-state index in [-0.39, 0.29) is 12.1 Å². The van der Waals surface area contributed by atoms with E-state index in [2.05, 4.69) is 11.0 Å². The number of hydrogen-bond acceptors (Lipinski definition) is 3. The molecule has 0 bridgehead atoms. The molecule has 1 rings (SSSR count). The number of rotatable bonds is 2. The van der Waals surface area contributed by atoms with Gasteiger partial charge in [-0.1, -0.05) is 0 Å². The van der Waals surface area contributed by atoms with Gasteiger partial charge < -0.3 is 5.11 Å². The minimum Gasteiger partial charge on any atom is -0.392 e. The van der Waals surface area contributed by atoms with Crippen molar-refractivity contribution in [2.45, 2.75) is 38.3 Å². The van der Waals surface area contributed by atoms with Crippen molar-refractivity contribution in [1.82, 2.24) is 4.90 Å². The topological polar surface area (TPSA) is 47.3 Å². The highest BCUT2D eigenvalue weighted by Gasteiger charge is 2.25. The largest absolute Gasteiger partial charge is 0.392 e. The molecule has 1 aliphatic rings. The van der Waals surface area contributed by atoms with E-state index in [1.165, 1.54) is 0 Å². The maximum atomic E-state index is 9.52. The lowest BCUT2D eigenvalue weighted by Gasteiger charge is -2.36. The van der Waals surface area contributed by atoms with Crippen LogP contribution in [0.25, 0.3) is 0 Å². The molecule has 1 saturated heterocycles.